The van der Waals surface area contributed by atoms with Crippen molar-refractivity contribution in [2.45, 2.75) is 141 Å². The van der Waals surface area contributed by atoms with Gasteiger partial charge in [0, 0.05) is 0 Å². The third-order valence-corrected chi connectivity index (χ3v) is 2.87. The van der Waals surface area contributed by atoms with Crippen molar-refractivity contribution in [3.05, 3.63) is 0 Å². The molecule has 0 N–H and O–H groups in total. The maximum atomic E-state index is 2.25. The monoisotopic (exact) mass is 306 g/mol. The second-order valence-corrected chi connectivity index (χ2v) is 5.12. The van der Waals surface area contributed by atoms with Crippen LogP contribution in [0.25, 0.3) is 0 Å². The maximum Gasteiger partial charge on any atom is -0.0533 e. The summed E-state index contributed by atoms with van der Waals surface area (Å²) in [6, 6.07) is 0. The standard InChI is InChI=1S/C7H16.C6H14.C5H12.3CH4/c1-3-5-7-6-4-2;1-3-5-6-4-2;1-3-5-4-2;;;/h3-7H2,1-2H3;3-6H2,1-2H3;3-5H2,1-2H3;3*1H4. The molecule has 0 aromatic carbocycles. The average molecular weight is 307 g/mol. The van der Waals surface area contributed by atoms with E-state index in [2.05, 4.69) is 41.5 Å². The summed E-state index contributed by atoms with van der Waals surface area (Å²) in [4.78, 5) is 0. The first-order valence-corrected chi connectivity index (χ1v) is 8.74. The lowest BCUT2D eigenvalue weighted by atomic mass is 10.2. The first kappa shape index (κ1) is 37.3. The number of hydrogen-bond acceptors (Lipinski definition) is 0. The Bertz CT molecular complexity index is 76.0. The van der Waals surface area contributed by atoms with Crippen molar-refractivity contribution in [2.75, 3.05) is 0 Å². The predicted octanol–water partition coefficient (Wildman–Crippen LogP) is 9.67. The normalized spacial score (nSPS) is 7.71. The fourth-order valence-electron chi connectivity index (χ4n) is 1.53. The van der Waals surface area contributed by atoms with Crippen LogP contribution in [-0.4, -0.2) is 0 Å². The SMILES string of the molecule is C.C.C.CCCCC.CCCCCC.CCCCCCC. The molecule has 0 aromatic heterocycles. The molecule has 0 aliphatic heterocycles. The largest absolute Gasteiger partial charge is 0.0776 e. The van der Waals surface area contributed by atoms with Gasteiger partial charge in [-0.1, -0.05) is 141 Å². The molecule has 0 heteroatoms. The molecule has 0 rings (SSSR count). The van der Waals surface area contributed by atoms with Gasteiger partial charge in [0.2, 0.25) is 0 Å². The zero-order valence-corrected chi connectivity index (χ0v) is 14.5. The molecule has 0 amide bonds. The van der Waals surface area contributed by atoms with E-state index in [1.54, 1.807) is 0 Å². The molecule has 0 aliphatic rings. The Balaban J connectivity index is -0.0000000379. The predicted molar refractivity (Wildman–Crippen MR) is 110 cm³/mol. The lowest BCUT2D eigenvalue weighted by molar-refractivity contribution is 0.656. The average Bonchev–Trinajstić information content (AvgIpc) is 2.39. The molecule has 21 heavy (non-hydrogen) atoms. The summed E-state index contributed by atoms with van der Waals surface area (Å²) in [6.45, 7) is 13.4. The molecule has 0 atom stereocenters. The summed E-state index contributed by atoms with van der Waals surface area (Å²) in [5.74, 6) is 0. The molecular formula is C21H54. The lowest BCUT2D eigenvalue weighted by Gasteiger charge is -1.90. The van der Waals surface area contributed by atoms with Crippen LogP contribution in [0.2, 0.25) is 0 Å². The van der Waals surface area contributed by atoms with E-state index >= 15 is 0 Å². The Morgan fingerprint density at radius 2 is 0.476 bits per heavy atom. The van der Waals surface area contributed by atoms with Gasteiger partial charge in [-0.05, 0) is 0 Å². The van der Waals surface area contributed by atoms with Gasteiger partial charge in [-0.15, -0.1) is 0 Å². The quantitative estimate of drug-likeness (QED) is 0.372. The summed E-state index contributed by atoms with van der Waals surface area (Å²) in [7, 11) is 0. The molecule has 138 valence electrons. The topological polar surface area (TPSA) is 0 Å². The summed E-state index contributed by atoms with van der Waals surface area (Å²) in [5, 5.41) is 0. The van der Waals surface area contributed by atoms with E-state index < -0.39 is 0 Å². The number of unbranched alkanes of at least 4 members (excludes halogenated alkanes) is 9. The molecule has 0 nitrogen and oxygen atoms in total. The van der Waals surface area contributed by atoms with Gasteiger partial charge >= 0.3 is 0 Å². The second-order valence-electron chi connectivity index (χ2n) is 5.12. The van der Waals surface area contributed by atoms with Crippen molar-refractivity contribution < 1.29 is 0 Å². The molecule has 0 bridgehead atoms. The second kappa shape index (κ2) is 50.1. The van der Waals surface area contributed by atoms with Crippen LogP contribution in [0.5, 0.6) is 0 Å². The van der Waals surface area contributed by atoms with Crippen LogP contribution in [0, 0.1) is 0 Å². The van der Waals surface area contributed by atoms with Gasteiger partial charge in [-0.3, -0.25) is 0 Å². The zero-order valence-electron chi connectivity index (χ0n) is 14.5. The van der Waals surface area contributed by atoms with Crippen LogP contribution < -0.4 is 0 Å². The lowest BCUT2D eigenvalue weighted by Crippen LogP contribution is -1.70. The molecule has 0 fully saturated rings. The minimum absolute atomic E-state index is 0. The first-order valence-electron chi connectivity index (χ1n) is 8.74. The van der Waals surface area contributed by atoms with Crippen molar-refractivity contribution in [1.29, 1.82) is 0 Å². The molecule has 0 aromatic rings. The highest BCUT2D eigenvalue weighted by Crippen LogP contribution is 2.00. The van der Waals surface area contributed by atoms with Crippen molar-refractivity contribution in [1.82, 2.24) is 0 Å². The molecular weight excluding hydrogens is 252 g/mol. The molecule has 0 heterocycles. The van der Waals surface area contributed by atoms with Gasteiger partial charge in [-0.25, -0.2) is 0 Å². The fourth-order valence-corrected chi connectivity index (χ4v) is 1.53. The highest BCUT2D eigenvalue weighted by molar-refractivity contribution is 4.36. The van der Waals surface area contributed by atoms with E-state index in [1.807, 2.05) is 0 Å². The molecule has 0 unspecified atom stereocenters. The highest BCUT2D eigenvalue weighted by atomic mass is 13.9. The van der Waals surface area contributed by atoms with E-state index in [0.29, 0.717) is 0 Å². The molecule has 0 saturated carbocycles. The van der Waals surface area contributed by atoms with Gasteiger partial charge in [0.05, 0.1) is 0 Å². The van der Waals surface area contributed by atoms with Gasteiger partial charge in [0.15, 0.2) is 0 Å². The van der Waals surface area contributed by atoms with Crippen LogP contribution in [0.1, 0.15) is 141 Å². The van der Waals surface area contributed by atoms with E-state index in [1.165, 1.54) is 77.0 Å². The van der Waals surface area contributed by atoms with Crippen LogP contribution in [0.4, 0.5) is 0 Å². The molecule has 0 radical (unpaired) electrons. The van der Waals surface area contributed by atoms with Crippen molar-refractivity contribution in [3.8, 4) is 0 Å². The Morgan fingerprint density at radius 1 is 0.286 bits per heavy atom. The number of hydrogen-bond donors (Lipinski definition) is 0. The summed E-state index contributed by atoms with van der Waals surface area (Å²) in [5.41, 5.74) is 0. The zero-order chi connectivity index (χ0) is 14.5. The van der Waals surface area contributed by atoms with Crippen LogP contribution >= 0.6 is 0 Å². The smallest absolute Gasteiger partial charge is 0.0533 e. The fraction of sp³-hybridized carbons (Fsp3) is 1.00. The Hall–Kier alpha value is 0. The van der Waals surface area contributed by atoms with Gasteiger partial charge in [0.25, 0.3) is 0 Å². The Morgan fingerprint density at radius 3 is 0.619 bits per heavy atom. The third-order valence-electron chi connectivity index (χ3n) is 2.87. The van der Waals surface area contributed by atoms with Gasteiger partial charge in [0.1, 0.15) is 0 Å². The molecule has 0 saturated heterocycles. The first-order chi connectivity index (χ1) is 8.74. The number of rotatable bonds is 9. The van der Waals surface area contributed by atoms with Gasteiger partial charge < -0.3 is 0 Å². The summed E-state index contributed by atoms with van der Waals surface area (Å²) >= 11 is 0. The van der Waals surface area contributed by atoms with E-state index in [0.717, 1.165) is 0 Å². The van der Waals surface area contributed by atoms with E-state index in [-0.39, 0.29) is 22.3 Å². The molecule has 0 aliphatic carbocycles. The van der Waals surface area contributed by atoms with Crippen molar-refractivity contribution in [3.63, 3.8) is 0 Å². The van der Waals surface area contributed by atoms with Crippen molar-refractivity contribution in [2.24, 2.45) is 0 Å². The summed E-state index contributed by atoms with van der Waals surface area (Å²) < 4.78 is 0. The molecule has 0 spiro atoms. The third kappa shape index (κ3) is 80.0. The summed E-state index contributed by atoms with van der Waals surface area (Å²) in [6.07, 6.45) is 16.6. The van der Waals surface area contributed by atoms with Crippen LogP contribution in [0.3, 0.4) is 0 Å². The Kier molecular flexibility index (Phi) is 89.1. The minimum Gasteiger partial charge on any atom is -0.0776 e. The van der Waals surface area contributed by atoms with Crippen molar-refractivity contribution >= 4 is 0 Å². The van der Waals surface area contributed by atoms with E-state index in [9.17, 15) is 0 Å². The van der Waals surface area contributed by atoms with Crippen LogP contribution in [-0.2, 0) is 0 Å². The minimum atomic E-state index is 0. The Labute approximate surface area is 141 Å². The maximum absolute atomic E-state index is 2.25. The van der Waals surface area contributed by atoms with Crippen LogP contribution in [0.15, 0.2) is 0 Å². The van der Waals surface area contributed by atoms with E-state index in [4.69, 9.17) is 0 Å². The van der Waals surface area contributed by atoms with Gasteiger partial charge in [-0.2, -0.15) is 0 Å². The highest BCUT2D eigenvalue weighted by Gasteiger charge is 1.80.